The van der Waals surface area contributed by atoms with Gasteiger partial charge in [-0.1, -0.05) is 6.42 Å². The number of methoxy groups -OCH3 is 1. The summed E-state index contributed by atoms with van der Waals surface area (Å²) >= 11 is 0. The number of ether oxygens (including phenoxy) is 1. The Hall–Kier alpha value is -1.91. The van der Waals surface area contributed by atoms with E-state index in [-0.39, 0.29) is 17.8 Å². The van der Waals surface area contributed by atoms with Crippen LogP contribution >= 0.6 is 0 Å². The molecule has 0 aromatic carbocycles. The highest BCUT2D eigenvalue weighted by Gasteiger charge is 2.50. The second kappa shape index (κ2) is 5.47. The number of likely N-dealkylation sites (tertiary alicyclic amines) is 1. The van der Waals surface area contributed by atoms with Gasteiger partial charge in [0.2, 0.25) is 0 Å². The minimum atomic E-state index is -0.434. The molecule has 2 fully saturated rings. The van der Waals surface area contributed by atoms with Crippen molar-refractivity contribution in [3.63, 3.8) is 0 Å². The number of fused-ring (bicyclic) bond motifs is 1. The van der Waals surface area contributed by atoms with Crippen LogP contribution in [0, 0.1) is 18.8 Å². The maximum atomic E-state index is 12.7. The van der Waals surface area contributed by atoms with Gasteiger partial charge in [0, 0.05) is 18.4 Å². The van der Waals surface area contributed by atoms with E-state index in [2.05, 4.69) is 4.98 Å². The van der Waals surface area contributed by atoms with Crippen LogP contribution in [-0.4, -0.2) is 41.5 Å². The van der Waals surface area contributed by atoms with E-state index in [0.717, 1.165) is 25.0 Å². The van der Waals surface area contributed by atoms with Crippen molar-refractivity contribution in [3.8, 4) is 0 Å². The Kier molecular flexibility index (Phi) is 3.66. The molecule has 1 saturated carbocycles. The van der Waals surface area contributed by atoms with Gasteiger partial charge in [-0.05, 0) is 43.7 Å². The Morgan fingerprint density at radius 1 is 1.33 bits per heavy atom. The zero-order valence-electron chi connectivity index (χ0n) is 12.4. The highest BCUT2D eigenvalue weighted by Crippen LogP contribution is 2.43. The molecule has 0 unspecified atom stereocenters. The van der Waals surface area contributed by atoms with E-state index >= 15 is 0 Å². The summed E-state index contributed by atoms with van der Waals surface area (Å²) < 4.78 is 4.93. The number of rotatable bonds is 2. The molecule has 0 spiro atoms. The molecule has 0 bridgehead atoms. The summed E-state index contributed by atoms with van der Waals surface area (Å²) in [6.07, 6.45) is 4.81. The number of hydrogen-bond donors (Lipinski definition) is 0. The van der Waals surface area contributed by atoms with Crippen LogP contribution in [0.25, 0.3) is 0 Å². The molecule has 1 saturated heterocycles. The lowest BCUT2D eigenvalue weighted by Gasteiger charge is -2.25. The molecule has 1 aliphatic heterocycles. The first-order chi connectivity index (χ1) is 10.1. The van der Waals surface area contributed by atoms with E-state index < -0.39 is 6.04 Å². The first kappa shape index (κ1) is 14.0. The Balaban J connectivity index is 1.87. The Bertz CT molecular complexity index is 555. The van der Waals surface area contributed by atoms with E-state index in [4.69, 9.17) is 4.74 Å². The van der Waals surface area contributed by atoms with E-state index in [1.807, 2.05) is 13.0 Å². The fraction of sp³-hybridized carbons (Fsp3) is 0.562. The number of carbonyl (C=O) groups excluding carboxylic acids is 2. The SMILES string of the molecule is COC(=O)[C@@H]1[C@@H]2CCC[C@@H]2CN1C(=O)c1ccc(C)nc1. The van der Waals surface area contributed by atoms with Gasteiger partial charge in [-0.15, -0.1) is 0 Å². The minimum absolute atomic E-state index is 0.118. The quantitative estimate of drug-likeness (QED) is 0.779. The number of aryl methyl sites for hydroxylation is 1. The fourth-order valence-electron chi connectivity index (χ4n) is 3.70. The molecule has 5 heteroatoms. The van der Waals surface area contributed by atoms with Gasteiger partial charge in [-0.3, -0.25) is 9.78 Å². The molecule has 21 heavy (non-hydrogen) atoms. The summed E-state index contributed by atoms with van der Waals surface area (Å²) in [7, 11) is 1.39. The van der Waals surface area contributed by atoms with Crippen LogP contribution in [0.4, 0.5) is 0 Å². The minimum Gasteiger partial charge on any atom is -0.467 e. The number of carbonyl (C=O) groups is 2. The van der Waals surface area contributed by atoms with Crippen molar-refractivity contribution in [2.75, 3.05) is 13.7 Å². The lowest BCUT2D eigenvalue weighted by Crippen LogP contribution is -2.44. The third kappa shape index (κ3) is 2.41. The number of amides is 1. The first-order valence-corrected chi connectivity index (χ1v) is 7.43. The van der Waals surface area contributed by atoms with E-state index in [1.165, 1.54) is 7.11 Å². The predicted octanol–water partition coefficient (Wildman–Crippen LogP) is 1.80. The molecular weight excluding hydrogens is 268 g/mol. The van der Waals surface area contributed by atoms with Crippen LogP contribution < -0.4 is 0 Å². The van der Waals surface area contributed by atoms with Crippen molar-refractivity contribution in [2.24, 2.45) is 11.8 Å². The molecule has 1 aromatic rings. The van der Waals surface area contributed by atoms with Crippen LogP contribution in [0.15, 0.2) is 18.3 Å². The summed E-state index contributed by atoms with van der Waals surface area (Å²) in [5.74, 6) is 0.265. The van der Waals surface area contributed by atoms with Crippen molar-refractivity contribution in [3.05, 3.63) is 29.6 Å². The highest BCUT2D eigenvalue weighted by atomic mass is 16.5. The first-order valence-electron chi connectivity index (χ1n) is 7.43. The number of aromatic nitrogens is 1. The summed E-state index contributed by atoms with van der Waals surface area (Å²) in [5.41, 5.74) is 1.41. The molecule has 0 radical (unpaired) electrons. The van der Waals surface area contributed by atoms with Gasteiger partial charge >= 0.3 is 5.97 Å². The van der Waals surface area contributed by atoms with Crippen molar-refractivity contribution in [2.45, 2.75) is 32.2 Å². The van der Waals surface area contributed by atoms with Crippen molar-refractivity contribution in [1.29, 1.82) is 0 Å². The highest BCUT2D eigenvalue weighted by molar-refractivity contribution is 5.97. The van der Waals surface area contributed by atoms with E-state index in [1.54, 1.807) is 17.2 Å². The molecule has 3 atom stereocenters. The van der Waals surface area contributed by atoms with Gasteiger partial charge in [-0.2, -0.15) is 0 Å². The second-order valence-corrected chi connectivity index (χ2v) is 5.97. The topological polar surface area (TPSA) is 59.5 Å². The molecule has 3 rings (SSSR count). The summed E-state index contributed by atoms with van der Waals surface area (Å²) in [5, 5.41) is 0. The summed E-state index contributed by atoms with van der Waals surface area (Å²) in [4.78, 5) is 30.7. The van der Waals surface area contributed by atoms with Gasteiger partial charge in [0.15, 0.2) is 0 Å². The molecule has 0 N–H and O–H groups in total. The zero-order chi connectivity index (χ0) is 15.0. The average molecular weight is 288 g/mol. The molecule has 1 aliphatic carbocycles. The van der Waals surface area contributed by atoms with Gasteiger partial charge in [0.1, 0.15) is 6.04 Å². The normalized spacial score (nSPS) is 27.5. The monoisotopic (exact) mass is 288 g/mol. The molecule has 2 heterocycles. The third-order valence-corrected chi connectivity index (χ3v) is 4.75. The standard InChI is InChI=1S/C16H20N2O3/c1-10-6-7-11(8-17-10)15(19)18-9-12-4-3-5-13(12)14(18)16(20)21-2/h6-8,12-14H,3-5,9H2,1-2H3/t12-,13-,14+/m1/s1. The van der Waals surface area contributed by atoms with Crippen molar-refractivity contribution >= 4 is 11.9 Å². The maximum absolute atomic E-state index is 12.7. The molecule has 1 amide bonds. The van der Waals surface area contributed by atoms with Crippen LogP contribution in [0.2, 0.25) is 0 Å². The van der Waals surface area contributed by atoms with Crippen LogP contribution in [0.3, 0.4) is 0 Å². The molecule has 5 nitrogen and oxygen atoms in total. The van der Waals surface area contributed by atoms with E-state index in [0.29, 0.717) is 18.0 Å². The molecule has 1 aromatic heterocycles. The average Bonchev–Trinajstić information content (AvgIpc) is 3.06. The Labute approximate surface area is 124 Å². The van der Waals surface area contributed by atoms with Crippen molar-refractivity contribution in [1.82, 2.24) is 9.88 Å². The summed E-state index contributed by atoms with van der Waals surface area (Å²) in [6, 6.07) is 3.15. The van der Waals surface area contributed by atoms with E-state index in [9.17, 15) is 9.59 Å². The third-order valence-electron chi connectivity index (χ3n) is 4.75. The number of esters is 1. The second-order valence-electron chi connectivity index (χ2n) is 5.97. The van der Waals surface area contributed by atoms with Crippen LogP contribution in [0.5, 0.6) is 0 Å². The summed E-state index contributed by atoms with van der Waals surface area (Å²) in [6.45, 7) is 2.53. The zero-order valence-corrected chi connectivity index (χ0v) is 12.4. The maximum Gasteiger partial charge on any atom is 0.328 e. The number of pyridine rings is 1. The van der Waals surface area contributed by atoms with Crippen LogP contribution in [0.1, 0.15) is 35.3 Å². The Morgan fingerprint density at radius 3 is 2.81 bits per heavy atom. The molecular formula is C16H20N2O3. The van der Waals surface area contributed by atoms with Gasteiger partial charge in [-0.25, -0.2) is 4.79 Å². The van der Waals surface area contributed by atoms with Gasteiger partial charge < -0.3 is 9.64 Å². The predicted molar refractivity (Wildman–Crippen MR) is 76.6 cm³/mol. The Morgan fingerprint density at radius 2 is 2.14 bits per heavy atom. The lowest BCUT2D eigenvalue weighted by atomic mass is 9.94. The van der Waals surface area contributed by atoms with Gasteiger partial charge in [0.05, 0.1) is 12.7 Å². The fourth-order valence-corrected chi connectivity index (χ4v) is 3.70. The lowest BCUT2D eigenvalue weighted by molar-refractivity contribution is -0.146. The van der Waals surface area contributed by atoms with Gasteiger partial charge in [0.25, 0.3) is 5.91 Å². The van der Waals surface area contributed by atoms with Crippen molar-refractivity contribution < 1.29 is 14.3 Å². The smallest absolute Gasteiger partial charge is 0.328 e. The molecule has 112 valence electrons. The van der Waals surface area contributed by atoms with Crippen LogP contribution in [-0.2, 0) is 9.53 Å². The number of hydrogen-bond acceptors (Lipinski definition) is 4. The largest absolute Gasteiger partial charge is 0.467 e. The number of nitrogens with zero attached hydrogens (tertiary/aromatic N) is 2. The molecule has 2 aliphatic rings.